The minimum absolute atomic E-state index is 0.0190. The molecule has 1 aromatic heterocycles. The molecule has 0 saturated carbocycles. The van der Waals surface area contributed by atoms with Gasteiger partial charge in [-0.2, -0.15) is 5.10 Å². The van der Waals surface area contributed by atoms with Crippen LogP contribution in [0.3, 0.4) is 0 Å². The number of piperidine rings is 1. The number of amides is 1. The third kappa shape index (κ3) is 2.83. The van der Waals surface area contributed by atoms with Crippen LogP contribution in [-0.2, 0) is 0 Å². The second kappa shape index (κ2) is 6.10. The lowest BCUT2D eigenvalue weighted by molar-refractivity contribution is 0.0497. The van der Waals surface area contributed by atoms with E-state index >= 15 is 0 Å². The normalized spacial score (nSPS) is 18.7. The molecule has 1 unspecified atom stereocenters. The molecule has 1 fully saturated rings. The molecule has 1 amide bonds. The Kier molecular flexibility index (Phi) is 4.01. The van der Waals surface area contributed by atoms with Gasteiger partial charge in [0.1, 0.15) is 0 Å². The number of hydrogen-bond acceptors (Lipinski definition) is 3. The van der Waals surface area contributed by atoms with Crippen LogP contribution in [0.5, 0.6) is 0 Å². The molecule has 1 saturated heterocycles. The van der Waals surface area contributed by atoms with Crippen LogP contribution in [0.1, 0.15) is 29.8 Å². The number of carbonyl (C=O) groups is 1. The van der Waals surface area contributed by atoms with Crippen molar-refractivity contribution in [1.82, 2.24) is 14.7 Å². The number of likely N-dealkylation sites (tertiary alicyclic amines) is 1. The summed E-state index contributed by atoms with van der Waals surface area (Å²) in [5.41, 5.74) is 1.35. The second-order valence-corrected chi connectivity index (χ2v) is 5.31. The molecule has 1 aliphatic heterocycles. The zero-order chi connectivity index (χ0) is 14.7. The molecule has 0 spiro atoms. The molecule has 0 radical (unpaired) electrons. The van der Waals surface area contributed by atoms with Crippen molar-refractivity contribution in [2.24, 2.45) is 0 Å². The smallest absolute Gasteiger partial charge is 0.274 e. The van der Waals surface area contributed by atoms with E-state index in [1.165, 1.54) is 0 Å². The van der Waals surface area contributed by atoms with E-state index in [9.17, 15) is 9.90 Å². The van der Waals surface area contributed by atoms with Gasteiger partial charge in [0.2, 0.25) is 0 Å². The summed E-state index contributed by atoms with van der Waals surface area (Å²) in [5.74, 6) is -0.0940. The fourth-order valence-electron chi connectivity index (χ4n) is 2.77. The van der Waals surface area contributed by atoms with Crippen molar-refractivity contribution in [2.75, 3.05) is 13.2 Å². The van der Waals surface area contributed by atoms with Gasteiger partial charge in [-0.25, -0.2) is 4.68 Å². The quantitative estimate of drug-likeness (QED) is 0.936. The number of para-hydroxylation sites is 1. The van der Waals surface area contributed by atoms with Gasteiger partial charge in [-0.1, -0.05) is 18.2 Å². The van der Waals surface area contributed by atoms with E-state index < -0.39 is 0 Å². The predicted molar refractivity (Wildman–Crippen MR) is 79.3 cm³/mol. The maximum Gasteiger partial charge on any atom is 0.274 e. The maximum absolute atomic E-state index is 12.6. The Balaban J connectivity index is 1.81. The van der Waals surface area contributed by atoms with Crippen LogP contribution in [0.2, 0.25) is 0 Å². The number of benzene rings is 1. The van der Waals surface area contributed by atoms with Gasteiger partial charge in [0, 0.05) is 12.7 Å². The van der Waals surface area contributed by atoms with Gasteiger partial charge >= 0.3 is 0 Å². The lowest BCUT2D eigenvalue weighted by atomic mass is 10.0. The Bertz CT molecular complexity index is 609. The van der Waals surface area contributed by atoms with E-state index in [0.29, 0.717) is 12.2 Å². The highest BCUT2D eigenvalue weighted by molar-refractivity contribution is 5.92. The zero-order valence-corrected chi connectivity index (χ0v) is 11.9. The van der Waals surface area contributed by atoms with Gasteiger partial charge < -0.3 is 10.0 Å². The van der Waals surface area contributed by atoms with Crippen LogP contribution >= 0.6 is 0 Å². The van der Waals surface area contributed by atoms with E-state index in [-0.39, 0.29) is 18.6 Å². The number of nitrogens with zero attached hydrogens (tertiary/aromatic N) is 3. The van der Waals surface area contributed by atoms with Crippen molar-refractivity contribution in [3.05, 3.63) is 48.3 Å². The van der Waals surface area contributed by atoms with Crippen molar-refractivity contribution in [2.45, 2.75) is 25.3 Å². The number of rotatable bonds is 3. The number of aliphatic hydroxyl groups excluding tert-OH is 1. The first-order valence-corrected chi connectivity index (χ1v) is 7.32. The number of aliphatic hydroxyl groups is 1. The number of carbonyl (C=O) groups excluding carboxylic acids is 1. The first-order valence-electron chi connectivity index (χ1n) is 7.32. The van der Waals surface area contributed by atoms with Crippen molar-refractivity contribution in [3.63, 3.8) is 0 Å². The number of hydrogen-bond donors (Lipinski definition) is 1. The van der Waals surface area contributed by atoms with Crippen LogP contribution in [0.25, 0.3) is 5.69 Å². The van der Waals surface area contributed by atoms with E-state index in [0.717, 1.165) is 24.9 Å². The molecular formula is C16H19N3O2. The SMILES string of the molecule is O=C(c1ccn(-c2ccccc2)n1)N1CCCCC1CO. The van der Waals surface area contributed by atoms with Gasteiger partial charge in [0.25, 0.3) is 5.91 Å². The third-order valence-corrected chi connectivity index (χ3v) is 3.93. The standard InChI is InChI=1S/C16H19N3O2/c20-12-14-8-4-5-10-18(14)16(21)15-9-11-19(17-15)13-6-2-1-3-7-13/h1-3,6-7,9,11,14,20H,4-5,8,10,12H2. The zero-order valence-electron chi connectivity index (χ0n) is 11.9. The third-order valence-electron chi connectivity index (χ3n) is 3.93. The number of aromatic nitrogens is 2. The summed E-state index contributed by atoms with van der Waals surface area (Å²) in [7, 11) is 0. The minimum Gasteiger partial charge on any atom is -0.394 e. The predicted octanol–water partition coefficient (Wildman–Crippen LogP) is 1.86. The van der Waals surface area contributed by atoms with Gasteiger partial charge in [-0.15, -0.1) is 0 Å². The molecule has 0 aliphatic carbocycles. The maximum atomic E-state index is 12.6. The summed E-state index contributed by atoms with van der Waals surface area (Å²) in [4.78, 5) is 14.3. The first kappa shape index (κ1) is 13.8. The molecule has 1 aromatic carbocycles. The molecule has 1 atom stereocenters. The average molecular weight is 285 g/mol. The fraction of sp³-hybridized carbons (Fsp3) is 0.375. The lowest BCUT2D eigenvalue weighted by Gasteiger charge is -2.34. The van der Waals surface area contributed by atoms with Crippen molar-refractivity contribution in [1.29, 1.82) is 0 Å². The molecule has 5 heteroatoms. The van der Waals surface area contributed by atoms with Gasteiger partial charge in [-0.05, 0) is 37.5 Å². The molecule has 2 heterocycles. The molecule has 1 aliphatic rings. The molecule has 1 N–H and O–H groups in total. The van der Waals surface area contributed by atoms with Crippen molar-refractivity contribution in [3.8, 4) is 5.69 Å². The van der Waals surface area contributed by atoms with Gasteiger partial charge in [0.05, 0.1) is 18.3 Å². The highest BCUT2D eigenvalue weighted by atomic mass is 16.3. The van der Waals surface area contributed by atoms with E-state index in [1.54, 1.807) is 21.8 Å². The molecular weight excluding hydrogens is 266 g/mol. The lowest BCUT2D eigenvalue weighted by Crippen LogP contribution is -2.45. The highest BCUT2D eigenvalue weighted by Crippen LogP contribution is 2.19. The Morgan fingerprint density at radius 3 is 2.81 bits per heavy atom. The van der Waals surface area contributed by atoms with Gasteiger partial charge in [-0.3, -0.25) is 4.79 Å². The van der Waals surface area contributed by atoms with E-state index in [1.807, 2.05) is 30.3 Å². The second-order valence-electron chi connectivity index (χ2n) is 5.31. The summed E-state index contributed by atoms with van der Waals surface area (Å²) in [6.07, 6.45) is 4.71. The average Bonchev–Trinajstić information content (AvgIpc) is 3.05. The molecule has 3 rings (SSSR count). The van der Waals surface area contributed by atoms with Crippen LogP contribution < -0.4 is 0 Å². The van der Waals surface area contributed by atoms with E-state index in [4.69, 9.17) is 0 Å². The monoisotopic (exact) mass is 285 g/mol. The topological polar surface area (TPSA) is 58.4 Å². The summed E-state index contributed by atoms with van der Waals surface area (Å²) < 4.78 is 1.70. The molecule has 0 bridgehead atoms. The van der Waals surface area contributed by atoms with Crippen molar-refractivity contribution < 1.29 is 9.90 Å². The fourth-order valence-corrected chi connectivity index (χ4v) is 2.77. The Morgan fingerprint density at radius 2 is 2.05 bits per heavy atom. The largest absolute Gasteiger partial charge is 0.394 e. The Morgan fingerprint density at radius 1 is 1.24 bits per heavy atom. The minimum atomic E-state index is -0.0940. The summed E-state index contributed by atoms with van der Waals surface area (Å²) in [6, 6.07) is 11.4. The molecule has 5 nitrogen and oxygen atoms in total. The Hall–Kier alpha value is -2.14. The Labute approximate surface area is 123 Å². The molecule has 110 valence electrons. The van der Waals surface area contributed by atoms with Crippen molar-refractivity contribution >= 4 is 5.91 Å². The van der Waals surface area contributed by atoms with Crippen LogP contribution in [0.4, 0.5) is 0 Å². The van der Waals surface area contributed by atoms with Crippen LogP contribution in [0, 0.1) is 0 Å². The van der Waals surface area contributed by atoms with Crippen LogP contribution in [-0.4, -0.2) is 44.9 Å². The molecule has 2 aromatic rings. The molecule has 21 heavy (non-hydrogen) atoms. The van der Waals surface area contributed by atoms with Gasteiger partial charge in [0.15, 0.2) is 5.69 Å². The van der Waals surface area contributed by atoms with Crippen LogP contribution in [0.15, 0.2) is 42.6 Å². The summed E-state index contributed by atoms with van der Waals surface area (Å²) in [6.45, 7) is 0.716. The van der Waals surface area contributed by atoms with E-state index in [2.05, 4.69) is 5.10 Å². The summed E-state index contributed by atoms with van der Waals surface area (Å²) in [5, 5.41) is 13.8. The summed E-state index contributed by atoms with van der Waals surface area (Å²) >= 11 is 0. The highest BCUT2D eigenvalue weighted by Gasteiger charge is 2.28. The first-order chi connectivity index (χ1) is 10.3.